The fraction of sp³-hybridized carbons (Fsp3) is 0.667. The molecule has 0 aliphatic heterocycles. The lowest BCUT2D eigenvalue weighted by Gasteiger charge is -2.50. The average molecular weight is 343 g/mol. The van der Waals surface area contributed by atoms with Crippen LogP contribution in [0.3, 0.4) is 0 Å². The molecule has 0 aromatic heterocycles. The normalized spacial score (nSPS) is 36.1. The number of nitrogens with one attached hydrogen (secondary N) is 1. The second-order valence-electron chi connectivity index (χ2n) is 8.33. The summed E-state index contributed by atoms with van der Waals surface area (Å²) in [4.78, 5) is 11.6. The second kappa shape index (κ2) is 6.31. The predicted molar refractivity (Wildman–Crippen MR) is 96.8 cm³/mol. The molecular weight excluding hydrogens is 314 g/mol. The number of hydrogen-bond acceptors (Lipinski definition) is 3. The van der Waals surface area contributed by atoms with E-state index in [-0.39, 0.29) is 17.6 Å². The molecule has 136 valence electrons. The summed E-state index contributed by atoms with van der Waals surface area (Å²) in [5.41, 5.74) is 2.91. The molecule has 0 radical (unpaired) electrons. The van der Waals surface area contributed by atoms with Crippen molar-refractivity contribution in [1.29, 1.82) is 0 Å². The summed E-state index contributed by atoms with van der Waals surface area (Å²) in [6.45, 7) is 4.76. The quantitative estimate of drug-likeness (QED) is 0.853. The van der Waals surface area contributed by atoms with Crippen LogP contribution in [0.5, 0.6) is 5.75 Å². The Hall–Kier alpha value is -1.55. The van der Waals surface area contributed by atoms with Gasteiger partial charge in [0.1, 0.15) is 5.75 Å². The van der Waals surface area contributed by atoms with Gasteiger partial charge in [-0.1, -0.05) is 13.0 Å². The van der Waals surface area contributed by atoms with Crippen LogP contribution in [-0.2, 0) is 6.42 Å². The fourth-order valence-corrected chi connectivity index (χ4v) is 5.88. The summed E-state index contributed by atoms with van der Waals surface area (Å²) in [5, 5.41) is 13.1. The Morgan fingerprint density at radius 3 is 2.96 bits per heavy atom. The molecule has 25 heavy (non-hydrogen) atoms. The first kappa shape index (κ1) is 16.9. The van der Waals surface area contributed by atoms with E-state index in [1.807, 2.05) is 13.0 Å². The minimum Gasteiger partial charge on any atom is -0.410 e. The van der Waals surface area contributed by atoms with Crippen molar-refractivity contribution in [3.8, 4) is 5.75 Å². The van der Waals surface area contributed by atoms with Gasteiger partial charge in [0, 0.05) is 6.54 Å². The van der Waals surface area contributed by atoms with Gasteiger partial charge in [0.2, 0.25) is 0 Å². The van der Waals surface area contributed by atoms with Gasteiger partial charge in [-0.15, -0.1) is 0 Å². The van der Waals surface area contributed by atoms with Crippen molar-refractivity contribution >= 4 is 6.09 Å². The van der Waals surface area contributed by atoms with Gasteiger partial charge < -0.3 is 15.2 Å². The molecule has 0 bridgehead atoms. The number of fused-ring (bicyclic) bond motifs is 5. The molecule has 1 aromatic carbocycles. The second-order valence-corrected chi connectivity index (χ2v) is 8.33. The Balaban J connectivity index is 1.56. The lowest BCUT2D eigenvalue weighted by Crippen LogP contribution is -2.43. The first-order valence-electron chi connectivity index (χ1n) is 9.79. The topological polar surface area (TPSA) is 58.6 Å². The predicted octanol–water partition coefficient (Wildman–Crippen LogP) is 4.01. The average Bonchev–Trinajstić information content (AvgIpc) is 2.90. The fourth-order valence-electron chi connectivity index (χ4n) is 5.88. The van der Waals surface area contributed by atoms with Gasteiger partial charge in [0.05, 0.1) is 6.10 Å². The molecule has 1 amide bonds. The summed E-state index contributed by atoms with van der Waals surface area (Å²) in [5.74, 6) is 2.59. The number of aliphatic hydroxyl groups is 1. The van der Waals surface area contributed by atoms with Gasteiger partial charge in [-0.25, -0.2) is 4.79 Å². The Bertz CT molecular complexity index is 673. The monoisotopic (exact) mass is 343 g/mol. The molecule has 3 aliphatic carbocycles. The highest BCUT2D eigenvalue weighted by atomic mass is 16.6. The van der Waals surface area contributed by atoms with Crippen molar-refractivity contribution in [3.63, 3.8) is 0 Å². The number of aliphatic hydroxyl groups excluding tert-OH is 1. The van der Waals surface area contributed by atoms with Crippen LogP contribution >= 0.6 is 0 Å². The maximum Gasteiger partial charge on any atom is 0.412 e. The molecule has 0 saturated heterocycles. The van der Waals surface area contributed by atoms with Crippen LogP contribution < -0.4 is 10.1 Å². The summed E-state index contributed by atoms with van der Waals surface area (Å²) < 4.78 is 5.37. The van der Waals surface area contributed by atoms with Gasteiger partial charge in [-0.3, -0.25) is 0 Å². The lowest BCUT2D eigenvalue weighted by molar-refractivity contribution is -0.0226. The van der Waals surface area contributed by atoms with Crippen LogP contribution in [0.2, 0.25) is 0 Å². The van der Waals surface area contributed by atoms with Crippen molar-refractivity contribution in [3.05, 3.63) is 29.3 Å². The van der Waals surface area contributed by atoms with E-state index < -0.39 is 0 Å². The molecule has 4 rings (SSSR count). The summed E-state index contributed by atoms with van der Waals surface area (Å²) in [7, 11) is 0. The first-order valence-corrected chi connectivity index (χ1v) is 9.79. The van der Waals surface area contributed by atoms with Crippen LogP contribution in [0.15, 0.2) is 18.2 Å². The highest BCUT2D eigenvalue weighted by molar-refractivity contribution is 5.70. The van der Waals surface area contributed by atoms with Crippen molar-refractivity contribution < 1.29 is 14.6 Å². The highest BCUT2D eigenvalue weighted by Crippen LogP contribution is 2.60. The maximum atomic E-state index is 11.6. The molecule has 4 heteroatoms. The van der Waals surface area contributed by atoms with Crippen LogP contribution in [0.1, 0.15) is 63.0 Å². The van der Waals surface area contributed by atoms with Gasteiger partial charge in [0.25, 0.3) is 0 Å². The van der Waals surface area contributed by atoms with Crippen LogP contribution in [0.25, 0.3) is 0 Å². The third-order valence-electron chi connectivity index (χ3n) is 7.18. The molecule has 3 aliphatic rings. The van der Waals surface area contributed by atoms with Crippen LogP contribution in [0, 0.1) is 17.3 Å². The molecule has 0 unspecified atom stereocenters. The number of hydrogen-bond donors (Lipinski definition) is 2. The molecule has 5 atom stereocenters. The summed E-state index contributed by atoms with van der Waals surface area (Å²) in [6.07, 6.45) is 6.16. The van der Waals surface area contributed by atoms with E-state index in [0.29, 0.717) is 30.0 Å². The van der Waals surface area contributed by atoms with E-state index in [0.717, 1.165) is 25.7 Å². The molecule has 2 saturated carbocycles. The largest absolute Gasteiger partial charge is 0.412 e. The van der Waals surface area contributed by atoms with E-state index in [1.54, 1.807) is 0 Å². The molecular formula is C21H29NO3. The van der Waals surface area contributed by atoms with Gasteiger partial charge in [-0.2, -0.15) is 0 Å². The van der Waals surface area contributed by atoms with Crippen LogP contribution in [-0.4, -0.2) is 23.8 Å². The Morgan fingerprint density at radius 1 is 1.32 bits per heavy atom. The number of aryl methyl sites for hydroxylation is 1. The number of carbonyl (C=O) groups is 1. The Kier molecular flexibility index (Phi) is 4.27. The number of ether oxygens (including phenoxy) is 1. The van der Waals surface area contributed by atoms with Crippen molar-refractivity contribution in [2.45, 2.75) is 64.4 Å². The van der Waals surface area contributed by atoms with Crippen molar-refractivity contribution in [2.24, 2.45) is 17.3 Å². The summed E-state index contributed by atoms with van der Waals surface area (Å²) >= 11 is 0. The van der Waals surface area contributed by atoms with Crippen LogP contribution in [0.4, 0.5) is 4.79 Å². The minimum atomic E-state index is -0.385. The third kappa shape index (κ3) is 2.75. The number of benzene rings is 1. The SMILES string of the molecule is CCNC(=O)Oc1ccc2c(c1)CC[C@@H]1[C@@H]2CC[C@]2(C)[C@@H](O)CC[C@@H]12. The summed E-state index contributed by atoms with van der Waals surface area (Å²) in [6, 6.07) is 6.17. The van der Waals surface area contributed by atoms with Gasteiger partial charge in [-0.05, 0) is 91.9 Å². The van der Waals surface area contributed by atoms with Crippen molar-refractivity contribution in [1.82, 2.24) is 5.32 Å². The smallest absolute Gasteiger partial charge is 0.410 e. The van der Waals surface area contributed by atoms with Gasteiger partial charge >= 0.3 is 6.09 Å². The molecule has 2 N–H and O–H groups in total. The third-order valence-corrected chi connectivity index (χ3v) is 7.18. The molecule has 2 fully saturated rings. The standard InChI is InChI=1S/C21H29NO3/c1-3-22-20(24)25-14-5-7-15-13(12-14)4-6-17-16(15)10-11-21(2)18(17)8-9-19(21)23/h5,7,12,16-19,23H,3-4,6,8-11H2,1-2H3,(H,22,24)/t16-,17-,18+,19+,21+/m1/s1. The number of rotatable bonds is 2. The first-order chi connectivity index (χ1) is 12.0. The molecule has 4 nitrogen and oxygen atoms in total. The molecule has 0 spiro atoms. The van der Waals surface area contributed by atoms with Gasteiger partial charge in [0.15, 0.2) is 0 Å². The van der Waals surface area contributed by atoms with E-state index in [9.17, 15) is 9.90 Å². The van der Waals surface area contributed by atoms with E-state index in [2.05, 4.69) is 24.4 Å². The maximum absolute atomic E-state index is 11.6. The van der Waals surface area contributed by atoms with E-state index in [4.69, 9.17) is 4.74 Å². The van der Waals surface area contributed by atoms with E-state index >= 15 is 0 Å². The Labute approximate surface area is 150 Å². The highest BCUT2D eigenvalue weighted by Gasteiger charge is 2.54. The number of amides is 1. The molecule has 1 aromatic rings. The van der Waals surface area contributed by atoms with E-state index in [1.165, 1.54) is 24.0 Å². The van der Waals surface area contributed by atoms with Crippen molar-refractivity contribution in [2.75, 3.05) is 6.54 Å². The lowest BCUT2D eigenvalue weighted by atomic mass is 9.55. The number of carbonyl (C=O) groups excluding carboxylic acids is 1. The minimum absolute atomic E-state index is 0.118. The molecule has 0 heterocycles. The zero-order valence-corrected chi connectivity index (χ0v) is 15.3. The Morgan fingerprint density at radius 2 is 2.16 bits per heavy atom. The zero-order chi connectivity index (χ0) is 17.6. The zero-order valence-electron chi connectivity index (χ0n) is 15.3.